The van der Waals surface area contributed by atoms with Gasteiger partial charge in [-0.15, -0.1) is 17.7 Å². The number of aromatic nitrogens is 6. The van der Waals surface area contributed by atoms with Gasteiger partial charge in [-0.05, 0) is 23.8 Å². The molecule has 0 spiro atoms. The summed E-state index contributed by atoms with van der Waals surface area (Å²) in [6.07, 6.45) is 0. The van der Waals surface area contributed by atoms with E-state index in [0.29, 0.717) is 9.80 Å². The molecular formula is C3H4N6S3. The highest BCUT2D eigenvalue weighted by Gasteiger charge is 1.79. The summed E-state index contributed by atoms with van der Waals surface area (Å²) in [5.74, 6) is 0. The van der Waals surface area contributed by atoms with Crippen LogP contribution in [0.5, 0.6) is 0 Å². The minimum absolute atomic E-state index is 0.384. The number of thiol groups is 1. The van der Waals surface area contributed by atoms with Gasteiger partial charge in [0, 0.05) is 5.38 Å². The maximum Gasteiger partial charge on any atom is 0.235 e. The molecule has 0 bridgehead atoms. The minimum Gasteiger partial charge on any atom is -0.256 e. The van der Waals surface area contributed by atoms with E-state index in [1.807, 2.05) is 0 Å². The summed E-state index contributed by atoms with van der Waals surface area (Å²) in [5.41, 5.74) is 0. The Bertz CT molecular complexity index is 331. The molecule has 0 aliphatic carbocycles. The Morgan fingerprint density at radius 1 is 1.50 bits per heavy atom. The van der Waals surface area contributed by atoms with Crippen molar-refractivity contribution in [3.05, 3.63) is 10.2 Å². The summed E-state index contributed by atoms with van der Waals surface area (Å²) >= 11 is 9.66. The van der Waals surface area contributed by atoms with Crippen LogP contribution in [0.3, 0.4) is 0 Å². The summed E-state index contributed by atoms with van der Waals surface area (Å²) in [6.45, 7) is 0. The standard InChI is InChI=1S/C2H2N2S2.CH2N4S/c5-2-1-6-4-3-2;6-1-2-4-5-3-1/h1,5H;(H2,2,3,4,5,6). The lowest BCUT2D eigenvalue weighted by molar-refractivity contribution is 0.881. The molecule has 0 unspecified atom stereocenters. The van der Waals surface area contributed by atoms with Crippen LogP contribution >= 0.6 is 36.4 Å². The van der Waals surface area contributed by atoms with Crippen molar-refractivity contribution in [2.75, 3.05) is 0 Å². The van der Waals surface area contributed by atoms with Crippen LogP contribution in [0.1, 0.15) is 0 Å². The fourth-order valence-electron chi connectivity index (χ4n) is 0.328. The van der Waals surface area contributed by atoms with Crippen molar-refractivity contribution < 1.29 is 0 Å². The molecule has 2 aromatic rings. The SMILES string of the molecule is S=c1nn[nH][nH]1.Sc1csnn1. The molecule has 0 amide bonds. The molecule has 0 fully saturated rings. The van der Waals surface area contributed by atoms with Gasteiger partial charge >= 0.3 is 0 Å². The maximum atomic E-state index is 4.48. The number of hydrogen-bond acceptors (Lipinski definition) is 7. The van der Waals surface area contributed by atoms with Crippen molar-refractivity contribution in [1.29, 1.82) is 0 Å². The molecule has 2 N–H and O–H groups in total. The van der Waals surface area contributed by atoms with Crippen molar-refractivity contribution in [2.24, 2.45) is 0 Å². The first-order chi connectivity index (χ1) is 5.79. The highest BCUT2D eigenvalue weighted by atomic mass is 32.1. The molecule has 0 aromatic carbocycles. The molecule has 12 heavy (non-hydrogen) atoms. The number of aromatic amines is 2. The predicted molar refractivity (Wildman–Crippen MR) is 48.7 cm³/mol. The number of nitrogens with one attached hydrogen (secondary N) is 2. The number of hydrogen-bond donors (Lipinski definition) is 3. The normalized spacial score (nSPS) is 8.75. The first kappa shape index (κ1) is 9.29. The zero-order valence-electron chi connectivity index (χ0n) is 5.63. The molecule has 6 nitrogen and oxygen atoms in total. The van der Waals surface area contributed by atoms with Crippen molar-refractivity contribution in [3.63, 3.8) is 0 Å². The monoisotopic (exact) mass is 220 g/mol. The van der Waals surface area contributed by atoms with Crippen LogP contribution in [-0.2, 0) is 0 Å². The topological polar surface area (TPSA) is 83.1 Å². The molecule has 0 saturated carbocycles. The second-order valence-electron chi connectivity index (χ2n) is 1.51. The van der Waals surface area contributed by atoms with E-state index in [4.69, 9.17) is 0 Å². The molecule has 64 valence electrons. The largest absolute Gasteiger partial charge is 0.256 e. The van der Waals surface area contributed by atoms with Gasteiger partial charge in [-0.25, -0.2) is 0 Å². The van der Waals surface area contributed by atoms with Crippen LogP contribution in [0.2, 0.25) is 0 Å². The molecule has 0 aliphatic rings. The second-order valence-corrected chi connectivity index (χ2v) is 2.96. The molecule has 2 rings (SSSR count). The van der Waals surface area contributed by atoms with Gasteiger partial charge in [0.05, 0.1) is 0 Å². The average Bonchev–Trinajstić information content (AvgIpc) is 2.63. The third-order valence-electron chi connectivity index (χ3n) is 0.702. The zero-order valence-corrected chi connectivity index (χ0v) is 8.16. The molecular weight excluding hydrogens is 216 g/mol. The van der Waals surface area contributed by atoms with Crippen molar-refractivity contribution in [2.45, 2.75) is 5.03 Å². The molecule has 9 heteroatoms. The lowest BCUT2D eigenvalue weighted by atomic mass is 11.0. The quantitative estimate of drug-likeness (QED) is 0.449. The van der Waals surface area contributed by atoms with Crippen LogP contribution < -0.4 is 0 Å². The van der Waals surface area contributed by atoms with Gasteiger partial charge in [-0.2, -0.15) is 5.21 Å². The highest BCUT2D eigenvalue weighted by molar-refractivity contribution is 7.80. The number of H-pyrrole nitrogens is 2. The fraction of sp³-hybridized carbons (Fsp3) is 0. The van der Waals surface area contributed by atoms with Crippen LogP contribution in [-0.4, -0.2) is 30.2 Å². The third kappa shape index (κ3) is 3.55. The predicted octanol–water partition coefficient (Wildman–Crippen LogP) is 0.689. The fourth-order valence-corrected chi connectivity index (χ4v) is 0.985. The van der Waals surface area contributed by atoms with Gasteiger partial charge in [0.1, 0.15) is 5.03 Å². The molecule has 2 aromatic heterocycles. The lowest BCUT2D eigenvalue weighted by Gasteiger charge is -1.60. The van der Waals surface area contributed by atoms with Gasteiger partial charge in [0.2, 0.25) is 4.77 Å². The van der Waals surface area contributed by atoms with Gasteiger partial charge in [-0.3, -0.25) is 5.10 Å². The Morgan fingerprint density at radius 3 is 2.50 bits per heavy atom. The Kier molecular flexibility index (Phi) is 3.84. The van der Waals surface area contributed by atoms with Crippen LogP contribution in [0.15, 0.2) is 10.4 Å². The molecule has 0 radical (unpaired) electrons. The summed E-state index contributed by atoms with van der Waals surface area (Å²) in [6, 6.07) is 0. The summed E-state index contributed by atoms with van der Waals surface area (Å²) < 4.78 is 3.92. The van der Waals surface area contributed by atoms with Crippen LogP contribution in [0.4, 0.5) is 0 Å². The van der Waals surface area contributed by atoms with E-state index in [9.17, 15) is 0 Å². The van der Waals surface area contributed by atoms with Gasteiger partial charge in [0.15, 0.2) is 0 Å². The van der Waals surface area contributed by atoms with Crippen LogP contribution in [0, 0.1) is 4.77 Å². The Labute approximate surface area is 82.0 Å². The van der Waals surface area contributed by atoms with Crippen molar-refractivity contribution in [1.82, 2.24) is 30.2 Å². The number of tetrazole rings is 1. The Morgan fingerprint density at radius 2 is 2.33 bits per heavy atom. The van der Waals surface area contributed by atoms with Crippen molar-refractivity contribution >= 4 is 36.4 Å². The number of rotatable bonds is 0. The first-order valence-electron chi connectivity index (χ1n) is 2.71. The third-order valence-corrected chi connectivity index (χ3v) is 1.78. The Balaban J connectivity index is 0.000000120. The van der Waals surface area contributed by atoms with E-state index < -0.39 is 0 Å². The summed E-state index contributed by atoms with van der Waals surface area (Å²) in [7, 11) is 0. The minimum atomic E-state index is 0.384. The van der Waals surface area contributed by atoms with Crippen molar-refractivity contribution in [3.8, 4) is 0 Å². The highest BCUT2D eigenvalue weighted by Crippen LogP contribution is 1.99. The maximum absolute atomic E-state index is 4.48. The molecule has 0 saturated heterocycles. The van der Waals surface area contributed by atoms with Crippen LogP contribution in [0.25, 0.3) is 0 Å². The summed E-state index contributed by atoms with van der Waals surface area (Å²) in [5, 5.41) is 17.5. The second kappa shape index (κ2) is 4.95. The van der Waals surface area contributed by atoms with E-state index >= 15 is 0 Å². The van der Waals surface area contributed by atoms with E-state index in [2.05, 4.69) is 55.1 Å². The molecule has 2 heterocycles. The van der Waals surface area contributed by atoms with E-state index in [0.717, 1.165) is 0 Å². The summed E-state index contributed by atoms with van der Waals surface area (Å²) in [4.78, 5) is 0. The molecule has 0 atom stereocenters. The van der Waals surface area contributed by atoms with Gasteiger partial charge < -0.3 is 0 Å². The van der Waals surface area contributed by atoms with E-state index in [-0.39, 0.29) is 0 Å². The Hall–Kier alpha value is -0.800. The smallest absolute Gasteiger partial charge is 0.235 e. The number of nitrogens with zero attached hydrogens (tertiary/aromatic N) is 4. The average molecular weight is 220 g/mol. The van der Waals surface area contributed by atoms with E-state index in [1.165, 1.54) is 11.5 Å². The first-order valence-corrected chi connectivity index (χ1v) is 4.40. The lowest BCUT2D eigenvalue weighted by Crippen LogP contribution is -1.64. The zero-order chi connectivity index (χ0) is 8.81. The van der Waals surface area contributed by atoms with Gasteiger partial charge in [0.25, 0.3) is 0 Å². The van der Waals surface area contributed by atoms with E-state index in [1.54, 1.807) is 5.38 Å². The van der Waals surface area contributed by atoms with Gasteiger partial charge in [-0.1, -0.05) is 14.8 Å². The molecule has 0 aliphatic heterocycles.